The summed E-state index contributed by atoms with van der Waals surface area (Å²) in [7, 11) is 8.26. The van der Waals surface area contributed by atoms with Gasteiger partial charge in [0.05, 0.1) is 46.0 Å². The Morgan fingerprint density at radius 3 is 2.17 bits per heavy atom. The van der Waals surface area contributed by atoms with Gasteiger partial charge in [0.25, 0.3) is 0 Å². The Bertz CT molecular complexity index is 1200. The summed E-state index contributed by atoms with van der Waals surface area (Å²) >= 11 is 0. The average Bonchev–Trinajstić information content (AvgIpc) is 2.96. The van der Waals surface area contributed by atoms with Crippen LogP contribution in [0.15, 0.2) is 36.4 Å². The third-order valence-electron chi connectivity index (χ3n) is 7.37. The predicted octanol–water partition coefficient (Wildman–Crippen LogP) is 5.06. The van der Waals surface area contributed by atoms with Crippen LogP contribution < -0.4 is 18.9 Å². The van der Waals surface area contributed by atoms with Gasteiger partial charge in [-0.25, -0.2) is 0 Å². The Hall–Kier alpha value is -3.54. The van der Waals surface area contributed by atoms with Crippen LogP contribution in [0.5, 0.6) is 23.0 Å². The lowest BCUT2D eigenvalue weighted by Crippen LogP contribution is -2.39. The van der Waals surface area contributed by atoms with Gasteiger partial charge in [-0.2, -0.15) is 5.26 Å². The first kappa shape index (κ1) is 32.7. The Labute approximate surface area is 239 Å². The molecule has 0 aliphatic rings. The van der Waals surface area contributed by atoms with E-state index in [1.165, 1.54) is 0 Å². The van der Waals surface area contributed by atoms with Crippen molar-refractivity contribution in [2.75, 3.05) is 48.6 Å². The van der Waals surface area contributed by atoms with Gasteiger partial charge in [0.15, 0.2) is 28.8 Å². The van der Waals surface area contributed by atoms with Crippen LogP contribution in [0.1, 0.15) is 50.3 Å². The molecule has 8 nitrogen and oxygen atoms in total. The quantitative estimate of drug-likeness (QED) is 0.289. The maximum atomic E-state index is 11.9. The van der Waals surface area contributed by atoms with Crippen LogP contribution in [0, 0.1) is 17.2 Å². The van der Waals surface area contributed by atoms with E-state index >= 15 is 0 Å². The summed E-state index contributed by atoms with van der Waals surface area (Å²) in [5.41, 5.74) is 1.75. The number of nitrogens with zero attached hydrogens (tertiary/aromatic N) is 2. The highest BCUT2D eigenvalue weighted by atomic mass is 16.5. The summed E-state index contributed by atoms with van der Waals surface area (Å²) in [6.45, 7) is 6.84. The fraction of sp³-hybridized carbons (Fsp3) is 0.500. The van der Waals surface area contributed by atoms with E-state index in [0.717, 1.165) is 16.7 Å². The Balaban J connectivity index is 2.22. The van der Waals surface area contributed by atoms with E-state index < -0.39 is 11.5 Å². The zero-order chi connectivity index (χ0) is 29.9. The fourth-order valence-electron chi connectivity index (χ4n) is 4.85. The van der Waals surface area contributed by atoms with Gasteiger partial charge < -0.3 is 29.0 Å². The number of methoxy groups -OCH3 is 4. The van der Waals surface area contributed by atoms with Crippen LogP contribution in [-0.4, -0.2) is 70.5 Å². The van der Waals surface area contributed by atoms with Crippen molar-refractivity contribution in [1.82, 2.24) is 4.90 Å². The Morgan fingerprint density at radius 1 is 1.02 bits per heavy atom. The maximum absolute atomic E-state index is 11.9. The summed E-state index contributed by atoms with van der Waals surface area (Å²) in [6, 6.07) is 11.8. The van der Waals surface area contributed by atoms with Crippen LogP contribution in [0.25, 0.3) is 6.08 Å². The molecule has 8 heteroatoms. The number of allylic oxidation sites excluding steroid dienone is 1. The lowest BCUT2D eigenvalue weighted by atomic mass is 9.69. The van der Waals surface area contributed by atoms with Gasteiger partial charge in [0.2, 0.25) is 0 Å². The van der Waals surface area contributed by atoms with Crippen molar-refractivity contribution in [3.05, 3.63) is 53.1 Å². The largest absolute Gasteiger partial charge is 0.493 e. The van der Waals surface area contributed by atoms with Crippen molar-refractivity contribution in [2.24, 2.45) is 5.92 Å². The zero-order valence-corrected chi connectivity index (χ0v) is 25.1. The molecule has 0 aliphatic carbocycles. The second-order valence-corrected chi connectivity index (χ2v) is 10.2. The average molecular weight is 553 g/mol. The highest BCUT2D eigenvalue weighted by molar-refractivity contribution is 5.93. The van der Waals surface area contributed by atoms with Crippen molar-refractivity contribution >= 4 is 11.9 Å². The second kappa shape index (κ2) is 15.3. The summed E-state index contributed by atoms with van der Waals surface area (Å²) < 4.78 is 21.8. The molecule has 0 saturated heterocycles. The molecule has 0 spiro atoms. The van der Waals surface area contributed by atoms with Crippen LogP contribution in [-0.2, 0) is 16.6 Å². The fourth-order valence-corrected chi connectivity index (χ4v) is 4.85. The molecule has 0 heterocycles. The molecule has 1 N–H and O–H groups in total. The highest BCUT2D eigenvalue weighted by Gasteiger charge is 2.39. The number of hydrogen-bond donors (Lipinski definition) is 1. The Kier molecular flexibility index (Phi) is 12.5. The molecule has 2 aromatic carbocycles. The molecule has 0 saturated carbocycles. The van der Waals surface area contributed by atoms with E-state index in [2.05, 4.69) is 6.07 Å². The highest BCUT2D eigenvalue weighted by Crippen LogP contribution is 2.40. The molecule has 2 atom stereocenters. The van der Waals surface area contributed by atoms with E-state index in [9.17, 15) is 15.2 Å². The smallest absolute Gasteiger partial charge is 0.161 e. The SMILES string of the molecule is CCC(=O)C=Cc1cc(OC)c(OC)cc1CCN(C)CC(O)CC(C#N)(c1ccc(OC)c(OC)c1)C(C)C. The molecule has 218 valence electrons. The van der Waals surface area contributed by atoms with Crippen molar-refractivity contribution in [3.8, 4) is 29.1 Å². The number of nitriles is 1. The number of carbonyl (C=O) groups excluding carboxylic acids is 1. The standard InChI is InChI=1S/C32H44N2O6/c1-9-26(35)12-10-23-16-29(38-6)30(39-7)17-24(23)14-15-34(4)20-27(36)19-32(21-33,22(2)3)25-11-13-28(37-5)31(18-25)40-8/h10-13,16-18,22,27,36H,9,14-15,19-20H2,1-8H3. The van der Waals surface area contributed by atoms with E-state index in [1.807, 2.05) is 63.1 Å². The number of aliphatic hydroxyl groups is 1. The lowest BCUT2D eigenvalue weighted by molar-refractivity contribution is -0.114. The van der Waals surface area contributed by atoms with Gasteiger partial charge in [-0.3, -0.25) is 4.79 Å². The van der Waals surface area contributed by atoms with Crippen LogP contribution in [0.4, 0.5) is 0 Å². The summed E-state index contributed by atoms with van der Waals surface area (Å²) in [5.74, 6) is 2.34. The third-order valence-corrected chi connectivity index (χ3v) is 7.37. The number of carbonyl (C=O) groups is 1. The van der Waals surface area contributed by atoms with Gasteiger partial charge in [-0.05, 0) is 72.8 Å². The molecule has 0 fully saturated rings. The van der Waals surface area contributed by atoms with E-state index in [1.54, 1.807) is 40.6 Å². The summed E-state index contributed by atoms with van der Waals surface area (Å²) in [6.07, 6.45) is 4.01. The van der Waals surface area contributed by atoms with E-state index in [0.29, 0.717) is 48.9 Å². The predicted molar refractivity (Wildman–Crippen MR) is 157 cm³/mol. The zero-order valence-electron chi connectivity index (χ0n) is 25.1. The number of likely N-dealkylation sites (N-methyl/N-ethyl adjacent to an activating group) is 1. The minimum Gasteiger partial charge on any atom is -0.493 e. The minimum absolute atomic E-state index is 0.0431. The van der Waals surface area contributed by atoms with E-state index in [4.69, 9.17) is 18.9 Å². The maximum Gasteiger partial charge on any atom is 0.161 e. The molecule has 2 unspecified atom stereocenters. The minimum atomic E-state index is -0.910. The first-order valence-electron chi connectivity index (χ1n) is 13.5. The number of benzene rings is 2. The molecule has 0 aliphatic heterocycles. The van der Waals surface area contributed by atoms with Crippen molar-refractivity contribution in [1.29, 1.82) is 5.26 Å². The third kappa shape index (κ3) is 8.00. The number of aliphatic hydroxyl groups excluding tert-OH is 1. The van der Waals surface area contributed by atoms with Crippen LogP contribution in [0.3, 0.4) is 0 Å². The monoisotopic (exact) mass is 552 g/mol. The van der Waals surface area contributed by atoms with Gasteiger partial charge in [0, 0.05) is 19.5 Å². The van der Waals surface area contributed by atoms with Crippen molar-refractivity contribution in [3.63, 3.8) is 0 Å². The van der Waals surface area contributed by atoms with Gasteiger partial charge >= 0.3 is 0 Å². The summed E-state index contributed by atoms with van der Waals surface area (Å²) in [4.78, 5) is 13.9. The van der Waals surface area contributed by atoms with Crippen molar-refractivity contribution in [2.45, 2.75) is 51.6 Å². The molecule has 2 aromatic rings. The Morgan fingerprint density at radius 2 is 1.62 bits per heavy atom. The summed E-state index contributed by atoms with van der Waals surface area (Å²) in [5, 5.41) is 21.5. The first-order valence-corrected chi connectivity index (χ1v) is 13.5. The molecule has 2 rings (SSSR count). The normalized spacial score (nSPS) is 13.7. The molecular weight excluding hydrogens is 508 g/mol. The van der Waals surface area contributed by atoms with Crippen LogP contribution in [0.2, 0.25) is 0 Å². The van der Waals surface area contributed by atoms with E-state index in [-0.39, 0.29) is 18.1 Å². The number of rotatable bonds is 16. The lowest BCUT2D eigenvalue weighted by Gasteiger charge is -2.34. The molecule has 0 amide bonds. The van der Waals surface area contributed by atoms with Gasteiger partial charge in [-0.1, -0.05) is 32.9 Å². The second-order valence-electron chi connectivity index (χ2n) is 10.2. The molecule has 40 heavy (non-hydrogen) atoms. The first-order chi connectivity index (χ1) is 19.1. The molecule has 0 bridgehead atoms. The number of ketones is 1. The topological polar surface area (TPSA) is 101 Å². The molecular formula is C32H44N2O6. The van der Waals surface area contributed by atoms with Gasteiger partial charge in [0.1, 0.15) is 0 Å². The number of hydrogen-bond acceptors (Lipinski definition) is 8. The van der Waals surface area contributed by atoms with Crippen LogP contribution >= 0.6 is 0 Å². The van der Waals surface area contributed by atoms with Crippen molar-refractivity contribution < 1.29 is 28.8 Å². The number of ether oxygens (including phenoxy) is 4. The van der Waals surface area contributed by atoms with Gasteiger partial charge in [-0.15, -0.1) is 0 Å². The molecule has 0 aromatic heterocycles. The molecule has 0 radical (unpaired) electrons.